The SMILES string of the molecule is C[C@@H](CC(F)(F)F)Nc1ncc2c(-c3ccc(CN4CCN(C(=O)OC(C)(C)C)CC4)cc3)cn(C3CCC(O)CC3)c2n1.Cl. The number of ether oxygens (including phenoxy) is 1. The van der Waals surface area contributed by atoms with Gasteiger partial charge in [-0.15, -0.1) is 12.4 Å². The third kappa shape index (κ3) is 9.23. The van der Waals surface area contributed by atoms with Crippen LogP contribution < -0.4 is 5.32 Å². The van der Waals surface area contributed by atoms with Crippen LogP contribution in [0.15, 0.2) is 36.7 Å². The normalized spacial score (nSPS) is 20.5. The predicted octanol–water partition coefficient (Wildman–Crippen LogP) is 6.80. The largest absolute Gasteiger partial charge is 0.444 e. The van der Waals surface area contributed by atoms with Gasteiger partial charge in [0.1, 0.15) is 11.2 Å². The highest BCUT2D eigenvalue weighted by atomic mass is 35.5. The van der Waals surface area contributed by atoms with E-state index in [0.29, 0.717) is 31.6 Å². The van der Waals surface area contributed by atoms with E-state index in [0.717, 1.165) is 54.6 Å². The first-order valence-electron chi connectivity index (χ1n) is 15.4. The second kappa shape index (κ2) is 14.1. The second-order valence-corrected chi connectivity index (χ2v) is 13.1. The van der Waals surface area contributed by atoms with Gasteiger partial charge in [0.2, 0.25) is 5.95 Å². The van der Waals surface area contributed by atoms with Gasteiger partial charge in [-0.2, -0.15) is 18.2 Å². The third-order valence-corrected chi connectivity index (χ3v) is 8.24. The summed E-state index contributed by atoms with van der Waals surface area (Å²) in [4.78, 5) is 25.5. The molecular formula is C32H44ClF3N6O3. The molecule has 248 valence electrons. The minimum atomic E-state index is -4.28. The average Bonchev–Trinajstić information content (AvgIpc) is 3.31. The van der Waals surface area contributed by atoms with Crippen LogP contribution >= 0.6 is 12.4 Å². The van der Waals surface area contributed by atoms with Crippen molar-refractivity contribution in [2.24, 2.45) is 0 Å². The number of carbonyl (C=O) groups is 1. The second-order valence-electron chi connectivity index (χ2n) is 13.1. The highest BCUT2D eigenvalue weighted by Crippen LogP contribution is 2.37. The number of carbonyl (C=O) groups excluding carboxylic acids is 1. The molecule has 2 N–H and O–H groups in total. The van der Waals surface area contributed by atoms with E-state index >= 15 is 0 Å². The number of aromatic nitrogens is 3. The molecule has 45 heavy (non-hydrogen) atoms. The molecule has 3 heterocycles. The minimum absolute atomic E-state index is 0. The number of aliphatic hydroxyl groups excluding tert-OH is 1. The fraction of sp³-hybridized carbons (Fsp3) is 0.594. The smallest absolute Gasteiger partial charge is 0.410 e. The lowest BCUT2D eigenvalue weighted by molar-refractivity contribution is -0.136. The molecule has 0 bridgehead atoms. The minimum Gasteiger partial charge on any atom is -0.444 e. The summed E-state index contributed by atoms with van der Waals surface area (Å²) in [6.45, 7) is 10.6. The number of fused-ring (bicyclic) bond motifs is 1. The molecule has 1 aliphatic carbocycles. The lowest BCUT2D eigenvalue weighted by Gasteiger charge is -2.35. The van der Waals surface area contributed by atoms with E-state index < -0.39 is 24.2 Å². The molecule has 5 rings (SSSR count). The van der Waals surface area contributed by atoms with Gasteiger partial charge in [0.25, 0.3) is 0 Å². The maximum absolute atomic E-state index is 12.9. The van der Waals surface area contributed by atoms with E-state index in [1.807, 2.05) is 20.8 Å². The number of amides is 1. The Morgan fingerprint density at radius 3 is 2.31 bits per heavy atom. The molecule has 2 fully saturated rings. The van der Waals surface area contributed by atoms with Gasteiger partial charge >= 0.3 is 12.3 Å². The summed E-state index contributed by atoms with van der Waals surface area (Å²) in [6, 6.07) is 7.62. The molecule has 2 aromatic heterocycles. The number of benzene rings is 1. The molecule has 1 atom stereocenters. The summed E-state index contributed by atoms with van der Waals surface area (Å²) < 4.78 is 46.4. The lowest BCUT2D eigenvalue weighted by Crippen LogP contribution is -2.49. The number of rotatable bonds is 7. The molecular weight excluding hydrogens is 609 g/mol. The summed E-state index contributed by atoms with van der Waals surface area (Å²) in [6.07, 6.45) is 0.882. The van der Waals surface area contributed by atoms with Crippen molar-refractivity contribution in [1.29, 1.82) is 0 Å². The number of hydrogen-bond acceptors (Lipinski definition) is 7. The number of nitrogens with one attached hydrogen (secondary N) is 1. The highest BCUT2D eigenvalue weighted by Gasteiger charge is 2.31. The van der Waals surface area contributed by atoms with Gasteiger partial charge in [0.15, 0.2) is 0 Å². The van der Waals surface area contributed by atoms with Gasteiger partial charge in [0, 0.05) is 68.2 Å². The number of nitrogens with zero attached hydrogens (tertiary/aromatic N) is 5. The Balaban J connectivity index is 0.00000461. The standard InChI is InChI=1S/C32H43F3N6O3.ClH/c1-21(17-32(33,34)35)37-29-36-18-26-27(20-41(28(26)38-29)24-9-11-25(42)12-10-24)23-7-5-22(6-8-23)19-39-13-15-40(16-14-39)30(43)44-31(2,3)4;/h5-8,18,20-21,24-25,42H,9-17,19H2,1-4H3,(H,36,37,38);1H/t21-,24?,25?;/m0./s1. The molecule has 0 radical (unpaired) electrons. The van der Waals surface area contributed by atoms with E-state index in [9.17, 15) is 23.1 Å². The Labute approximate surface area is 268 Å². The van der Waals surface area contributed by atoms with Crippen molar-refractivity contribution >= 4 is 35.5 Å². The lowest BCUT2D eigenvalue weighted by atomic mass is 9.93. The number of halogens is 4. The zero-order chi connectivity index (χ0) is 31.6. The third-order valence-electron chi connectivity index (χ3n) is 8.24. The number of hydrogen-bond donors (Lipinski definition) is 2. The van der Waals surface area contributed by atoms with Crippen LogP contribution in [0, 0.1) is 0 Å². The molecule has 0 unspecified atom stereocenters. The molecule has 1 saturated heterocycles. The summed E-state index contributed by atoms with van der Waals surface area (Å²) in [5.74, 6) is 0.165. The molecule has 9 nitrogen and oxygen atoms in total. The maximum atomic E-state index is 12.9. The van der Waals surface area contributed by atoms with Crippen LogP contribution in [0.5, 0.6) is 0 Å². The Morgan fingerprint density at radius 1 is 1.07 bits per heavy atom. The number of alkyl halides is 3. The van der Waals surface area contributed by atoms with Crippen molar-refractivity contribution in [3.05, 3.63) is 42.2 Å². The topological polar surface area (TPSA) is 95.8 Å². The van der Waals surface area contributed by atoms with Crippen LogP contribution in [-0.2, 0) is 11.3 Å². The first kappa shape index (κ1) is 34.8. The average molecular weight is 653 g/mol. The van der Waals surface area contributed by atoms with Gasteiger partial charge in [-0.1, -0.05) is 24.3 Å². The van der Waals surface area contributed by atoms with Crippen LogP contribution in [0.3, 0.4) is 0 Å². The summed E-state index contributed by atoms with van der Waals surface area (Å²) in [5, 5.41) is 13.7. The molecule has 1 saturated carbocycles. The van der Waals surface area contributed by atoms with E-state index in [1.54, 1.807) is 11.1 Å². The van der Waals surface area contributed by atoms with E-state index in [2.05, 4.69) is 55.2 Å². The quantitative estimate of drug-likeness (QED) is 0.290. The summed E-state index contributed by atoms with van der Waals surface area (Å²) in [7, 11) is 0. The molecule has 1 aliphatic heterocycles. The molecule has 13 heteroatoms. The molecule has 1 amide bonds. The maximum Gasteiger partial charge on any atom is 0.410 e. The number of piperazine rings is 1. The van der Waals surface area contributed by atoms with Crippen molar-refractivity contribution in [2.75, 3.05) is 31.5 Å². The van der Waals surface area contributed by atoms with Crippen LogP contribution in [0.1, 0.15) is 71.4 Å². The summed E-state index contributed by atoms with van der Waals surface area (Å²) in [5.41, 5.74) is 3.27. The fourth-order valence-electron chi connectivity index (χ4n) is 6.03. The van der Waals surface area contributed by atoms with Gasteiger partial charge in [-0.3, -0.25) is 4.90 Å². The molecule has 0 spiro atoms. The Hall–Kier alpha value is -3.09. The van der Waals surface area contributed by atoms with Crippen molar-refractivity contribution in [3.8, 4) is 11.1 Å². The van der Waals surface area contributed by atoms with E-state index in [1.165, 1.54) is 6.92 Å². The van der Waals surface area contributed by atoms with E-state index in [-0.39, 0.29) is 36.6 Å². The molecule has 2 aliphatic rings. The highest BCUT2D eigenvalue weighted by molar-refractivity contribution is 5.94. The van der Waals surface area contributed by atoms with Crippen molar-refractivity contribution in [3.63, 3.8) is 0 Å². The zero-order valence-electron chi connectivity index (χ0n) is 26.3. The zero-order valence-corrected chi connectivity index (χ0v) is 27.1. The Kier molecular flexibility index (Phi) is 10.9. The van der Waals surface area contributed by atoms with Gasteiger partial charge in [0.05, 0.1) is 12.5 Å². The van der Waals surface area contributed by atoms with Crippen molar-refractivity contribution in [1.82, 2.24) is 24.3 Å². The number of anilines is 1. The monoisotopic (exact) mass is 652 g/mol. The van der Waals surface area contributed by atoms with Crippen LogP contribution in [-0.4, -0.2) is 85.6 Å². The van der Waals surface area contributed by atoms with Crippen LogP contribution in [0.4, 0.5) is 23.9 Å². The fourth-order valence-corrected chi connectivity index (χ4v) is 6.03. The van der Waals surface area contributed by atoms with Crippen LogP contribution in [0.2, 0.25) is 0 Å². The van der Waals surface area contributed by atoms with Crippen molar-refractivity contribution < 1.29 is 27.8 Å². The predicted molar refractivity (Wildman–Crippen MR) is 171 cm³/mol. The van der Waals surface area contributed by atoms with E-state index in [4.69, 9.17) is 4.74 Å². The Morgan fingerprint density at radius 2 is 1.71 bits per heavy atom. The first-order valence-corrected chi connectivity index (χ1v) is 15.4. The molecule has 1 aromatic carbocycles. The van der Waals surface area contributed by atoms with Gasteiger partial charge in [-0.05, 0) is 64.5 Å². The Bertz CT molecular complexity index is 1430. The number of aliphatic hydroxyl groups is 1. The first-order chi connectivity index (χ1) is 20.7. The van der Waals surface area contributed by atoms with Crippen molar-refractivity contribution in [2.45, 2.75) is 96.3 Å². The molecule has 3 aromatic rings. The summed E-state index contributed by atoms with van der Waals surface area (Å²) >= 11 is 0. The van der Waals surface area contributed by atoms with Crippen LogP contribution in [0.25, 0.3) is 22.2 Å². The van der Waals surface area contributed by atoms with Gasteiger partial charge < -0.3 is 24.6 Å². The van der Waals surface area contributed by atoms with Gasteiger partial charge in [-0.25, -0.2) is 9.78 Å².